The summed E-state index contributed by atoms with van der Waals surface area (Å²) in [6.07, 6.45) is 3.46. The molecule has 1 aliphatic carbocycles. The quantitative estimate of drug-likeness (QED) is 0.843. The van der Waals surface area contributed by atoms with Gasteiger partial charge in [0.25, 0.3) is 5.91 Å². The molecule has 1 aromatic heterocycles. The molecule has 1 aliphatic rings. The Hall–Kier alpha value is -1.89. The molecule has 0 aromatic carbocycles. The van der Waals surface area contributed by atoms with E-state index in [1.807, 2.05) is 13.0 Å². The highest BCUT2D eigenvalue weighted by atomic mass is 16.2. The Morgan fingerprint density at radius 3 is 2.76 bits per heavy atom. The van der Waals surface area contributed by atoms with E-state index in [2.05, 4.69) is 16.4 Å². The van der Waals surface area contributed by atoms with E-state index in [9.17, 15) is 10.1 Å². The number of nitriles is 1. The maximum absolute atomic E-state index is 12.0. The molecule has 0 atom stereocenters. The van der Waals surface area contributed by atoms with Crippen LogP contribution >= 0.6 is 0 Å². The van der Waals surface area contributed by atoms with E-state index in [4.69, 9.17) is 0 Å². The molecule has 17 heavy (non-hydrogen) atoms. The Labute approximate surface area is 101 Å². The molecule has 0 bridgehead atoms. The van der Waals surface area contributed by atoms with Crippen LogP contribution < -0.4 is 5.32 Å². The number of hydrogen-bond acceptors (Lipinski definition) is 3. The minimum Gasteiger partial charge on any atom is -0.332 e. The summed E-state index contributed by atoms with van der Waals surface area (Å²) in [5.41, 5.74) is 0.504. The maximum atomic E-state index is 12.0. The van der Waals surface area contributed by atoms with Crippen LogP contribution in [0.3, 0.4) is 0 Å². The third-order valence-electron chi connectivity index (χ3n) is 3.14. The van der Waals surface area contributed by atoms with Gasteiger partial charge in [0.2, 0.25) is 0 Å². The summed E-state index contributed by atoms with van der Waals surface area (Å²) in [5, 5.41) is 12.0. The van der Waals surface area contributed by atoms with Crippen LogP contribution in [0.5, 0.6) is 0 Å². The van der Waals surface area contributed by atoms with Gasteiger partial charge in [-0.1, -0.05) is 6.07 Å². The van der Waals surface area contributed by atoms with Crippen molar-refractivity contribution in [1.82, 2.24) is 10.3 Å². The van der Waals surface area contributed by atoms with Crippen molar-refractivity contribution in [2.24, 2.45) is 0 Å². The molecule has 1 aromatic rings. The van der Waals surface area contributed by atoms with Crippen molar-refractivity contribution >= 4 is 5.91 Å². The van der Waals surface area contributed by atoms with Crippen molar-refractivity contribution in [3.8, 4) is 6.07 Å². The molecule has 4 nitrogen and oxygen atoms in total. The van der Waals surface area contributed by atoms with E-state index < -0.39 is 5.54 Å². The van der Waals surface area contributed by atoms with E-state index in [1.165, 1.54) is 0 Å². The second kappa shape index (κ2) is 4.54. The number of nitrogens with zero attached hydrogens (tertiary/aromatic N) is 2. The zero-order valence-corrected chi connectivity index (χ0v) is 9.86. The fourth-order valence-electron chi connectivity index (χ4n) is 2.19. The van der Waals surface area contributed by atoms with Crippen molar-refractivity contribution in [2.45, 2.75) is 38.1 Å². The first kappa shape index (κ1) is 11.6. The van der Waals surface area contributed by atoms with Crippen LogP contribution in [-0.4, -0.2) is 16.4 Å². The monoisotopic (exact) mass is 229 g/mol. The lowest BCUT2D eigenvalue weighted by molar-refractivity contribution is 0.0915. The molecule has 1 N–H and O–H groups in total. The van der Waals surface area contributed by atoms with Gasteiger partial charge in [-0.25, -0.2) is 4.98 Å². The number of carbonyl (C=O) groups is 1. The SMILES string of the molecule is Cc1cccc(C(=O)NC2(C#N)CCCC2)n1. The molecule has 4 heteroatoms. The number of hydrogen-bond donors (Lipinski definition) is 1. The normalized spacial score (nSPS) is 17.4. The molecule has 0 spiro atoms. The molecule has 1 amide bonds. The first-order valence-corrected chi connectivity index (χ1v) is 5.83. The van der Waals surface area contributed by atoms with Gasteiger partial charge in [-0.15, -0.1) is 0 Å². The molecule has 0 saturated heterocycles. The molecular weight excluding hydrogens is 214 g/mol. The lowest BCUT2D eigenvalue weighted by Crippen LogP contribution is -2.45. The van der Waals surface area contributed by atoms with E-state index >= 15 is 0 Å². The average Bonchev–Trinajstić information content (AvgIpc) is 2.78. The molecule has 0 radical (unpaired) electrons. The Kier molecular flexibility index (Phi) is 3.10. The van der Waals surface area contributed by atoms with Gasteiger partial charge in [-0.05, 0) is 44.7 Å². The first-order valence-electron chi connectivity index (χ1n) is 5.83. The zero-order valence-electron chi connectivity index (χ0n) is 9.86. The van der Waals surface area contributed by atoms with Gasteiger partial charge in [0, 0.05) is 5.69 Å². The van der Waals surface area contributed by atoms with E-state index in [1.54, 1.807) is 12.1 Å². The molecule has 88 valence electrons. The fourth-order valence-corrected chi connectivity index (χ4v) is 2.19. The second-order valence-electron chi connectivity index (χ2n) is 4.52. The highest BCUT2D eigenvalue weighted by molar-refractivity contribution is 5.93. The van der Waals surface area contributed by atoms with Gasteiger partial charge in [-0.2, -0.15) is 5.26 Å². The minimum absolute atomic E-state index is 0.253. The summed E-state index contributed by atoms with van der Waals surface area (Å²) < 4.78 is 0. The van der Waals surface area contributed by atoms with Gasteiger partial charge in [0.05, 0.1) is 6.07 Å². The maximum Gasteiger partial charge on any atom is 0.271 e. The summed E-state index contributed by atoms with van der Waals surface area (Å²) >= 11 is 0. The Morgan fingerprint density at radius 2 is 2.18 bits per heavy atom. The van der Waals surface area contributed by atoms with Crippen molar-refractivity contribution in [1.29, 1.82) is 5.26 Å². The number of aryl methyl sites for hydroxylation is 1. The van der Waals surface area contributed by atoms with Gasteiger partial charge in [0.1, 0.15) is 11.2 Å². The molecule has 1 fully saturated rings. The molecule has 0 aliphatic heterocycles. The van der Waals surface area contributed by atoms with E-state index in [0.717, 1.165) is 31.4 Å². The van der Waals surface area contributed by atoms with Gasteiger partial charge >= 0.3 is 0 Å². The average molecular weight is 229 g/mol. The van der Waals surface area contributed by atoms with E-state index in [-0.39, 0.29) is 5.91 Å². The largest absolute Gasteiger partial charge is 0.332 e. The number of aromatic nitrogens is 1. The van der Waals surface area contributed by atoms with Crippen LogP contribution in [0.1, 0.15) is 41.9 Å². The summed E-state index contributed by atoms with van der Waals surface area (Å²) in [7, 11) is 0. The molecule has 1 heterocycles. The topological polar surface area (TPSA) is 65.8 Å². The highest BCUT2D eigenvalue weighted by Gasteiger charge is 2.35. The Morgan fingerprint density at radius 1 is 1.47 bits per heavy atom. The van der Waals surface area contributed by atoms with Crippen LogP contribution in [0, 0.1) is 18.3 Å². The van der Waals surface area contributed by atoms with Crippen LogP contribution in [-0.2, 0) is 0 Å². The Balaban J connectivity index is 2.14. The first-order chi connectivity index (χ1) is 8.15. The smallest absolute Gasteiger partial charge is 0.271 e. The number of pyridine rings is 1. The molecule has 0 unspecified atom stereocenters. The third kappa shape index (κ3) is 2.44. The lowest BCUT2D eigenvalue weighted by Gasteiger charge is -2.21. The number of nitrogens with one attached hydrogen (secondary N) is 1. The van der Waals surface area contributed by atoms with Crippen molar-refractivity contribution in [3.05, 3.63) is 29.6 Å². The number of amides is 1. The van der Waals surface area contributed by atoms with Crippen LogP contribution in [0.15, 0.2) is 18.2 Å². The van der Waals surface area contributed by atoms with Crippen LogP contribution in [0.2, 0.25) is 0 Å². The zero-order chi connectivity index (χ0) is 12.3. The third-order valence-corrected chi connectivity index (χ3v) is 3.14. The van der Waals surface area contributed by atoms with E-state index in [0.29, 0.717) is 5.69 Å². The standard InChI is InChI=1S/C13H15N3O/c1-10-5-4-6-11(15-10)12(17)16-13(9-14)7-2-3-8-13/h4-6H,2-3,7-8H2,1H3,(H,16,17). The molecule has 2 rings (SSSR count). The summed E-state index contributed by atoms with van der Waals surface area (Å²) in [4.78, 5) is 16.2. The molecular formula is C13H15N3O. The van der Waals surface area contributed by atoms with Crippen LogP contribution in [0.4, 0.5) is 0 Å². The predicted octanol–water partition coefficient (Wildman–Crippen LogP) is 1.96. The van der Waals surface area contributed by atoms with Crippen molar-refractivity contribution in [2.75, 3.05) is 0 Å². The van der Waals surface area contributed by atoms with Gasteiger partial charge < -0.3 is 5.32 Å². The van der Waals surface area contributed by atoms with Gasteiger partial charge in [0.15, 0.2) is 0 Å². The van der Waals surface area contributed by atoms with Gasteiger partial charge in [-0.3, -0.25) is 4.79 Å². The summed E-state index contributed by atoms with van der Waals surface area (Å²) in [6, 6.07) is 7.54. The Bertz CT molecular complexity index is 470. The predicted molar refractivity (Wildman–Crippen MR) is 63.3 cm³/mol. The minimum atomic E-state index is -0.678. The number of rotatable bonds is 2. The fraction of sp³-hybridized carbons (Fsp3) is 0.462. The van der Waals surface area contributed by atoms with Crippen LogP contribution in [0.25, 0.3) is 0 Å². The second-order valence-corrected chi connectivity index (χ2v) is 4.52. The number of carbonyl (C=O) groups excluding carboxylic acids is 1. The van der Waals surface area contributed by atoms with Crippen molar-refractivity contribution in [3.63, 3.8) is 0 Å². The molecule has 1 saturated carbocycles. The van der Waals surface area contributed by atoms with Crippen molar-refractivity contribution < 1.29 is 4.79 Å². The summed E-state index contributed by atoms with van der Waals surface area (Å²) in [6.45, 7) is 1.84. The summed E-state index contributed by atoms with van der Waals surface area (Å²) in [5.74, 6) is -0.253. The lowest BCUT2D eigenvalue weighted by atomic mass is 9.99. The highest BCUT2D eigenvalue weighted by Crippen LogP contribution is 2.29.